The Kier molecular flexibility index (Phi) is 4.98. The van der Waals surface area contributed by atoms with Gasteiger partial charge in [-0.05, 0) is 37.1 Å². The first-order valence-electron chi connectivity index (χ1n) is 9.21. The van der Waals surface area contributed by atoms with Gasteiger partial charge in [0, 0.05) is 24.6 Å². The minimum atomic E-state index is -0.890. The predicted octanol–water partition coefficient (Wildman–Crippen LogP) is 3.55. The summed E-state index contributed by atoms with van der Waals surface area (Å²) >= 11 is 0. The van der Waals surface area contributed by atoms with Crippen molar-refractivity contribution in [3.05, 3.63) is 71.5 Å². The average Bonchev–Trinajstić information content (AvgIpc) is 3.20. The highest BCUT2D eigenvalue weighted by Gasteiger charge is 2.24. The maximum Gasteiger partial charge on any atom is 0.335 e. The fourth-order valence-electron chi connectivity index (χ4n) is 3.61. The van der Waals surface area contributed by atoms with Crippen LogP contribution in [-0.2, 0) is 6.54 Å². The van der Waals surface area contributed by atoms with Crippen LogP contribution in [0.25, 0.3) is 11.4 Å². The summed E-state index contributed by atoms with van der Waals surface area (Å²) in [6, 6.07) is 17.1. The number of aromatic nitrogens is 3. The number of carboxylic acid groups (broad SMARTS) is 1. The second kappa shape index (κ2) is 7.72. The highest BCUT2D eigenvalue weighted by molar-refractivity contribution is 5.87. The van der Waals surface area contributed by atoms with Gasteiger partial charge in [0.25, 0.3) is 0 Å². The van der Waals surface area contributed by atoms with Gasteiger partial charge in [-0.1, -0.05) is 42.5 Å². The Labute approximate surface area is 157 Å². The summed E-state index contributed by atoms with van der Waals surface area (Å²) in [7, 11) is 0. The monoisotopic (exact) mass is 362 g/mol. The molecule has 6 nitrogen and oxygen atoms in total. The Hall–Kier alpha value is -2.99. The van der Waals surface area contributed by atoms with Gasteiger partial charge in [-0.2, -0.15) is 5.10 Å². The van der Waals surface area contributed by atoms with Gasteiger partial charge in [0.05, 0.1) is 5.56 Å². The van der Waals surface area contributed by atoms with Gasteiger partial charge in [0.2, 0.25) is 0 Å². The Balaban J connectivity index is 1.42. The molecule has 2 aromatic carbocycles. The number of hydrogen-bond donors (Lipinski definition) is 2. The Morgan fingerprint density at radius 1 is 1.15 bits per heavy atom. The van der Waals surface area contributed by atoms with E-state index in [0.29, 0.717) is 11.5 Å². The van der Waals surface area contributed by atoms with Crippen LogP contribution in [0.4, 0.5) is 0 Å². The zero-order valence-corrected chi connectivity index (χ0v) is 15.0. The van der Waals surface area contributed by atoms with Crippen molar-refractivity contribution in [3.8, 4) is 11.4 Å². The lowest BCUT2D eigenvalue weighted by Crippen LogP contribution is -2.34. The van der Waals surface area contributed by atoms with E-state index < -0.39 is 5.97 Å². The summed E-state index contributed by atoms with van der Waals surface area (Å²) in [4.78, 5) is 18.1. The van der Waals surface area contributed by atoms with Crippen LogP contribution in [0.5, 0.6) is 0 Å². The molecule has 1 aromatic heterocycles. The van der Waals surface area contributed by atoms with E-state index in [1.165, 1.54) is 0 Å². The lowest BCUT2D eigenvalue weighted by atomic mass is 9.97. The number of carboxylic acids is 1. The van der Waals surface area contributed by atoms with Crippen molar-refractivity contribution in [1.29, 1.82) is 0 Å². The number of rotatable bonds is 5. The number of aromatic amines is 1. The van der Waals surface area contributed by atoms with Crippen LogP contribution < -0.4 is 0 Å². The van der Waals surface area contributed by atoms with Gasteiger partial charge in [0.15, 0.2) is 5.82 Å². The van der Waals surface area contributed by atoms with Crippen molar-refractivity contribution in [2.75, 3.05) is 13.1 Å². The molecular weight excluding hydrogens is 340 g/mol. The minimum absolute atomic E-state index is 0.324. The van der Waals surface area contributed by atoms with Gasteiger partial charge in [-0.3, -0.25) is 10.00 Å². The molecule has 0 saturated carbocycles. The van der Waals surface area contributed by atoms with Crippen LogP contribution in [-0.4, -0.2) is 44.2 Å². The van der Waals surface area contributed by atoms with Crippen LogP contribution in [0.2, 0.25) is 0 Å². The van der Waals surface area contributed by atoms with E-state index in [1.807, 2.05) is 42.5 Å². The van der Waals surface area contributed by atoms with E-state index in [9.17, 15) is 4.79 Å². The second-order valence-electron chi connectivity index (χ2n) is 6.99. The van der Waals surface area contributed by atoms with E-state index in [0.717, 1.165) is 55.3 Å². The first-order chi connectivity index (χ1) is 13.2. The normalized spacial score (nSPS) is 17.7. The predicted molar refractivity (Wildman–Crippen MR) is 102 cm³/mol. The van der Waals surface area contributed by atoms with E-state index in [-0.39, 0.29) is 0 Å². The summed E-state index contributed by atoms with van der Waals surface area (Å²) in [6.45, 7) is 2.77. The third-order valence-electron chi connectivity index (χ3n) is 5.03. The van der Waals surface area contributed by atoms with Crippen molar-refractivity contribution in [3.63, 3.8) is 0 Å². The second-order valence-corrected chi connectivity index (χ2v) is 6.99. The van der Waals surface area contributed by atoms with Gasteiger partial charge >= 0.3 is 5.97 Å². The molecule has 6 heteroatoms. The Bertz CT molecular complexity index is 905. The molecule has 1 atom stereocenters. The molecule has 1 aliphatic rings. The highest BCUT2D eigenvalue weighted by atomic mass is 16.4. The summed E-state index contributed by atoms with van der Waals surface area (Å²) < 4.78 is 0. The smallest absolute Gasteiger partial charge is 0.335 e. The molecule has 1 aliphatic heterocycles. The first-order valence-corrected chi connectivity index (χ1v) is 9.21. The SMILES string of the molecule is O=C(O)c1ccc(CN2CCCC(c3nc(-c4ccccc4)n[nH]3)C2)cc1. The largest absolute Gasteiger partial charge is 0.478 e. The molecule has 3 aromatic rings. The number of H-pyrrole nitrogens is 1. The number of hydrogen-bond acceptors (Lipinski definition) is 4. The van der Waals surface area contributed by atoms with Crippen LogP contribution >= 0.6 is 0 Å². The van der Waals surface area contributed by atoms with Gasteiger partial charge in [0.1, 0.15) is 5.82 Å². The number of piperidine rings is 1. The summed E-state index contributed by atoms with van der Waals surface area (Å²) in [6.07, 6.45) is 2.21. The van der Waals surface area contributed by atoms with Gasteiger partial charge in [-0.25, -0.2) is 9.78 Å². The average molecular weight is 362 g/mol. The van der Waals surface area contributed by atoms with Crippen molar-refractivity contribution in [1.82, 2.24) is 20.1 Å². The Morgan fingerprint density at radius 2 is 1.93 bits per heavy atom. The molecule has 1 unspecified atom stereocenters. The number of nitrogens with zero attached hydrogens (tertiary/aromatic N) is 3. The maximum absolute atomic E-state index is 11.0. The topological polar surface area (TPSA) is 82.1 Å². The number of carbonyl (C=O) groups is 1. The highest BCUT2D eigenvalue weighted by Crippen LogP contribution is 2.27. The number of nitrogens with one attached hydrogen (secondary N) is 1. The van der Waals surface area contributed by atoms with E-state index >= 15 is 0 Å². The molecule has 1 fully saturated rings. The maximum atomic E-state index is 11.0. The lowest BCUT2D eigenvalue weighted by Gasteiger charge is -2.31. The minimum Gasteiger partial charge on any atom is -0.478 e. The van der Waals surface area contributed by atoms with Crippen LogP contribution in [0.3, 0.4) is 0 Å². The third kappa shape index (κ3) is 4.06. The van der Waals surface area contributed by atoms with Crippen molar-refractivity contribution in [2.24, 2.45) is 0 Å². The molecule has 138 valence electrons. The Morgan fingerprint density at radius 3 is 2.67 bits per heavy atom. The zero-order chi connectivity index (χ0) is 18.6. The molecule has 0 radical (unpaired) electrons. The third-order valence-corrected chi connectivity index (χ3v) is 5.03. The van der Waals surface area contributed by atoms with Gasteiger partial charge in [-0.15, -0.1) is 0 Å². The summed E-state index contributed by atoms with van der Waals surface area (Å²) in [5.41, 5.74) is 2.47. The lowest BCUT2D eigenvalue weighted by molar-refractivity contribution is 0.0697. The van der Waals surface area contributed by atoms with Gasteiger partial charge < -0.3 is 5.11 Å². The van der Waals surface area contributed by atoms with E-state index in [2.05, 4.69) is 15.1 Å². The summed E-state index contributed by atoms with van der Waals surface area (Å²) in [5, 5.41) is 16.5. The molecule has 4 rings (SSSR count). The number of benzene rings is 2. The van der Waals surface area contributed by atoms with Crippen molar-refractivity contribution in [2.45, 2.75) is 25.3 Å². The summed E-state index contributed by atoms with van der Waals surface area (Å²) in [5.74, 6) is 1.13. The standard InChI is InChI=1S/C21H22N4O2/c26-21(27)17-10-8-15(9-11-17)13-25-12-4-7-18(14-25)20-22-19(23-24-20)16-5-2-1-3-6-16/h1-3,5-6,8-11,18H,4,7,12-14H2,(H,26,27)(H,22,23,24). The molecule has 0 spiro atoms. The molecule has 2 heterocycles. The molecule has 0 bridgehead atoms. The number of likely N-dealkylation sites (tertiary alicyclic amines) is 1. The van der Waals surface area contributed by atoms with Crippen LogP contribution in [0, 0.1) is 0 Å². The molecule has 2 N–H and O–H groups in total. The first kappa shape index (κ1) is 17.4. The molecule has 27 heavy (non-hydrogen) atoms. The van der Waals surface area contributed by atoms with E-state index in [4.69, 9.17) is 10.1 Å². The van der Waals surface area contributed by atoms with Crippen molar-refractivity contribution < 1.29 is 9.90 Å². The zero-order valence-electron chi connectivity index (χ0n) is 15.0. The fourth-order valence-corrected chi connectivity index (χ4v) is 3.61. The quantitative estimate of drug-likeness (QED) is 0.725. The molecule has 0 aliphatic carbocycles. The van der Waals surface area contributed by atoms with Crippen LogP contribution in [0.1, 0.15) is 40.5 Å². The number of aromatic carboxylic acids is 1. The molecule has 0 amide bonds. The van der Waals surface area contributed by atoms with Crippen molar-refractivity contribution >= 4 is 5.97 Å². The molecule has 1 saturated heterocycles. The van der Waals surface area contributed by atoms with Crippen LogP contribution in [0.15, 0.2) is 54.6 Å². The molecular formula is C21H22N4O2. The van der Waals surface area contributed by atoms with E-state index in [1.54, 1.807) is 12.1 Å². The fraction of sp³-hybridized carbons (Fsp3) is 0.286.